The summed E-state index contributed by atoms with van der Waals surface area (Å²) in [7, 11) is 0. The molecule has 0 aromatic heterocycles. The van der Waals surface area contributed by atoms with Gasteiger partial charge in [-0.25, -0.2) is 0 Å². The van der Waals surface area contributed by atoms with Gasteiger partial charge in [0.25, 0.3) is 0 Å². The van der Waals surface area contributed by atoms with E-state index in [1.54, 1.807) is 6.92 Å². The van der Waals surface area contributed by atoms with Crippen molar-refractivity contribution in [1.29, 1.82) is 0 Å². The third-order valence-electron chi connectivity index (χ3n) is 2.32. The molecule has 19 heavy (non-hydrogen) atoms. The van der Waals surface area contributed by atoms with Gasteiger partial charge in [0.1, 0.15) is 0 Å². The average Bonchev–Trinajstić information content (AvgIpc) is 2.63. The number of hydrogen-bond acceptors (Lipinski definition) is 5. The predicted octanol–water partition coefficient (Wildman–Crippen LogP) is 1.68. The van der Waals surface area contributed by atoms with Gasteiger partial charge in [0.05, 0.1) is 11.4 Å². The predicted molar refractivity (Wildman–Crippen MR) is 81.9 cm³/mol. The van der Waals surface area contributed by atoms with Gasteiger partial charge in [-0.05, 0) is 37.3 Å². The lowest BCUT2D eigenvalue weighted by Crippen LogP contribution is -2.36. The quantitative estimate of drug-likeness (QED) is 0.634. The fraction of sp³-hybridized carbons (Fsp3) is 0.0909. The summed E-state index contributed by atoms with van der Waals surface area (Å²) in [4.78, 5) is 11.9. The Labute approximate surface area is 123 Å². The van der Waals surface area contributed by atoms with E-state index in [9.17, 15) is 4.79 Å². The molecule has 0 atom stereocenters. The van der Waals surface area contributed by atoms with Crippen LogP contribution in [-0.2, 0) is 4.79 Å². The number of hydrazone groups is 2. The molecule has 0 saturated heterocycles. The van der Waals surface area contributed by atoms with Crippen LogP contribution in [-0.4, -0.2) is 27.5 Å². The van der Waals surface area contributed by atoms with Crippen molar-refractivity contribution >= 4 is 56.3 Å². The normalized spacial score (nSPS) is 16.7. The number of halogens is 1. The van der Waals surface area contributed by atoms with E-state index >= 15 is 0 Å². The van der Waals surface area contributed by atoms with Crippen LogP contribution in [0, 0.1) is 0 Å². The third-order valence-corrected chi connectivity index (χ3v) is 2.98. The van der Waals surface area contributed by atoms with Crippen LogP contribution in [0.5, 0.6) is 0 Å². The minimum Gasteiger partial charge on any atom is -0.374 e. The van der Waals surface area contributed by atoms with Crippen LogP contribution < -0.4 is 11.2 Å². The van der Waals surface area contributed by atoms with Crippen LogP contribution in [0.2, 0.25) is 0 Å². The van der Waals surface area contributed by atoms with E-state index in [2.05, 4.69) is 31.6 Å². The molecule has 0 aliphatic carbocycles. The maximum absolute atomic E-state index is 11.9. The first-order chi connectivity index (χ1) is 8.99. The van der Waals surface area contributed by atoms with E-state index in [4.69, 9.17) is 18.0 Å². The fourth-order valence-electron chi connectivity index (χ4n) is 1.45. The van der Waals surface area contributed by atoms with Crippen LogP contribution in [0.15, 0.2) is 38.9 Å². The maximum atomic E-state index is 11.9. The topological polar surface area (TPSA) is 83.1 Å². The molecule has 0 unspecified atom stereocenters. The van der Waals surface area contributed by atoms with Gasteiger partial charge in [0.15, 0.2) is 10.8 Å². The second-order valence-corrected chi connectivity index (χ2v) is 5.06. The molecule has 1 aliphatic heterocycles. The number of carbonyl (C=O) groups is 1. The number of carbonyl (C=O) groups excluding carboxylic acids is 1. The molecule has 8 heteroatoms. The lowest BCUT2D eigenvalue weighted by atomic mass is 10.2. The summed E-state index contributed by atoms with van der Waals surface area (Å²) in [6, 6.07) is 7.40. The van der Waals surface area contributed by atoms with E-state index in [-0.39, 0.29) is 10.8 Å². The summed E-state index contributed by atoms with van der Waals surface area (Å²) in [6.45, 7) is 1.66. The smallest absolute Gasteiger partial charge is 0.303 e. The molecule has 0 bridgehead atoms. The lowest BCUT2D eigenvalue weighted by Gasteiger charge is -2.07. The van der Waals surface area contributed by atoms with E-state index in [0.717, 1.165) is 15.2 Å². The second-order valence-electron chi connectivity index (χ2n) is 3.72. The standard InChI is InChI=1S/C11H10BrN5OS/c1-6-9(10(18)17(16-6)11(13)19)15-14-8-4-2-3-7(12)5-8/h2-5,14H,1H3,(H2,13,19). The molecule has 1 aromatic rings. The molecule has 0 spiro atoms. The summed E-state index contributed by atoms with van der Waals surface area (Å²) in [5.41, 5.74) is 9.57. The lowest BCUT2D eigenvalue weighted by molar-refractivity contribution is -0.119. The minimum absolute atomic E-state index is 0.1000. The van der Waals surface area contributed by atoms with Crippen molar-refractivity contribution in [1.82, 2.24) is 5.01 Å². The van der Waals surface area contributed by atoms with Crippen molar-refractivity contribution in [2.24, 2.45) is 15.9 Å². The Morgan fingerprint density at radius 3 is 2.89 bits per heavy atom. The molecule has 0 fully saturated rings. The molecule has 98 valence electrons. The number of nitrogens with two attached hydrogens (primary N) is 1. The second kappa shape index (κ2) is 5.45. The van der Waals surface area contributed by atoms with Crippen LogP contribution in [0.25, 0.3) is 0 Å². The zero-order valence-electron chi connectivity index (χ0n) is 9.92. The highest BCUT2D eigenvalue weighted by Gasteiger charge is 2.31. The number of nitrogens with zero attached hydrogens (tertiary/aromatic N) is 3. The Morgan fingerprint density at radius 2 is 2.32 bits per heavy atom. The molecule has 1 amide bonds. The SMILES string of the molecule is CC1=NN(C(N)=S)C(=O)C1=NNc1cccc(Br)c1. The van der Waals surface area contributed by atoms with E-state index < -0.39 is 5.91 Å². The summed E-state index contributed by atoms with van der Waals surface area (Å²) >= 11 is 8.07. The van der Waals surface area contributed by atoms with E-state index in [0.29, 0.717) is 5.71 Å². The molecule has 0 saturated carbocycles. The molecular formula is C11H10BrN5OS. The first-order valence-corrected chi connectivity index (χ1v) is 6.48. The fourth-order valence-corrected chi connectivity index (χ4v) is 1.98. The van der Waals surface area contributed by atoms with E-state index in [1.807, 2.05) is 24.3 Å². The zero-order valence-corrected chi connectivity index (χ0v) is 12.3. The summed E-state index contributed by atoms with van der Waals surface area (Å²) < 4.78 is 0.908. The number of thiocarbonyl (C=S) groups is 1. The maximum Gasteiger partial charge on any atom is 0.303 e. The van der Waals surface area contributed by atoms with Gasteiger partial charge in [0.2, 0.25) is 0 Å². The molecule has 3 N–H and O–H groups in total. The van der Waals surface area contributed by atoms with Crippen LogP contribution in [0.1, 0.15) is 6.92 Å². The number of rotatable bonds is 2. The highest BCUT2D eigenvalue weighted by Crippen LogP contribution is 2.16. The Hall–Kier alpha value is -1.80. The van der Waals surface area contributed by atoms with Crippen molar-refractivity contribution in [2.75, 3.05) is 5.43 Å². The molecule has 1 heterocycles. The first-order valence-electron chi connectivity index (χ1n) is 5.28. The van der Waals surface area contributed by atoms with Gasteiger partial charge >= 0.3 is 5.91 Å². The van der Waals surface area contributed by atoms with Gasteiger partial charge in [-0.3, -0.25) is 10.2 Å². The van der Waals surface area contributed by atoms with Gasteiger partial charge in [0, 0.05) is 4.47 Å². The number of benzene rings is 1. The minimum atomic E-state index is -0.438. The summed E-state index contributed by atoms with van der Waals surface area (Å²) in [5, 5.41) is 8.82. The van der Waals surface area contributed by atoms with Crippen LogP contribution >= 0.6 is 28.1 Å². The Balaban J connectivity index is 2.19. The largest absolute Gasteiger partial charge is 0.374 e. The highest BCUT2D eigenvalue weighted by atomic mass is 79.9. The number of hydrogen-bond donors (Lipinski definition) is 2. The van der Waals surface area contributed by atoms with Crippen LogP contribution in [0.3, 0.4) is 0 Å². The molecule has 1 aromatic carbocycles. The van der Waals surface area contributed by atoms with Crippen molar-refractivity contribution in [2.45, 2.75) is 6.92 Å². The van der Waals surface area contributed by atoms with Crippen molar-refractivity contribution in [3.63, 3.8) is 0 Å². The van der Waals surface area contributed by atoms with Gasteiger partial charge < -0.3 is 5.73 Å². The average molecular weight is 340 g/mol. The van der Waals surface area contributed by atoms with Gasteiger partial charge in [-0.2, -0.15) is 15.2 Å². The zero-order chi connectivity index (χ0) is 14.0. The Bertz CT molecular complexity index is 613. The molecule has 0 radical (unpaired) electrons. The summed E-state index contributed by atoms with van der Waals surface area (Å²) in [5.74, 6) is -0.438. The van der Waals surface area contributed by atoms with Crippen molar-refractivity contribution < 1.29 is 4.79 Å². The van der Waals surface area contributed by atoms with Crippen LogP contribution in [0.4, 0.5) is 5.69 Å². The monoisotopic (exact) mass is 339 g/mol. The molecule has 1 aliphatic rings. The van der Waals surface area contributed by atoms with Crippen molar-refractivity contribution in [3.05, 3.63) is 28.7 Å². The summed E-state index contributed by atoms with van der Waals surface area (Å²) in [6.07, 6.45) is 0. The number of nitrogens with one attached hydrogen (secondary N) is 1. The number of anilines is 1. The van der Waals surface area contributed by atoms with E-state index in [1.165, 1.54) is 0 Å². The van der Waals surface area contributed by atoms with Crippen molar-refractivity contribution in [3.8, 4) is 0 Å². The molecule has 6 nitrogen and oxygen atoms in total. The third kappa shape index (κ3) is 2.96. The highest BCUT2D eigenvalue weighted by molar-refractivity contribution is 9.10. The van der Waals surface area contributed by atoms with Gasteiger partial charge in [-0.1, -0.05) is 22.0 Å². The Morgan fingerprint density at radius 1 is 1.58 bits per heavy atom. The first kappa shape index (κ1) is 13.6. The number of amides is 1. The molecule has 2 rings (SSSR count). The van der Waals surface area contributed by atoms with Gasteiger partial charge in [-0.15, -0.1) is 0 Å². The molecular weight excluding hydrogens is 330 g/mol. The Kier molecular flexibility index (Phi) is 3.91.